The van der Waals surface area contributed by atoms with Gasteiger partial charge in [0.2, 0.25) is 11.8 Å². The van der Waals surface area contributed by atoms with Gasteiger partial charge >= 0.3 is 0 Å². The highest BCUT2D eigenvalue weighted by atomic mass is 32.2. The first-order chi connectivity index (χ1) is 15.5. The van der Waals surface area contributed by atoms with Gasteiger partial charge in [0.25, 0.3) is 5.91 Å². The zero-order chi connectivity index (χ0) is 22.9. The van der Waals surface area contributed by atoms with Crippen molar-refractivity contribution in [1.29, 1.82) is 0 Å². The Labute approximate surface area is 193 Å². The van der Waals surface area contributed by atoms with Crippen molar-refractivity contribution >= 4 is 17.7 Å². The minimum atomic E-state index is -0.246. The molecule has 0 radical (unpaired) electrons. The number of hydrogen-bond acceptors (Lipinski definition) is 7. The lowest BCUT2D eigenvalue weighted by Crippen LogP contribution is -2.27. The summed E-state index contributed by atoms with van der Waals surface area (Å²) < 4.78 is 5.98. The van der Waals surface area contributed by atoms with Gasteiger partial charge in [0.1, 0.15) is 11.0 Å². The Morgan fingerprint density at radius 2 is 1.91 bits per heavy atom. The first-order valence-corrected chi connectivity index (χ1v) is 11.8. The molecule has 7 nitrogen and oxygen atoms in total. The van der Waals surface area contributed by atoms with Crippen molar-refractivity contribution in [2.24, 2.45) is 0 Å². The Morgan fingerprint density at radius 3 is 2.59 bits per heavy atom. The molecule has 3 aromatic rings. The maximum atomic E-state index is 12.3. The predicted molar refractivity (Wildman–Crippen MR) is 128 cm³/mol. The van der Waals surface area contributed by atoms with Crippen LogP contribution in [0.5, 0.6) is 5.75 Å². The molecule has 0 aliphatic heterocycles. The third kappa shape index (κ3) is 6.34. The van der Waals surface area contributed by atoms with Crippen molar-refractivity contribution in [3.05, 3.63) is 65.5 Å². The summed E-state index contributed by atoms with van der Waals surface area (Å²) in [6.07, 6.45) is 1.89. The van der Waals surface area contributed by atoms with Crippen LogP contribution in [-0.2, 0) is 0 Å². The van der Waals surface area contributed by atoms with Crippen molar-refractivity contribution < 1.29 is 14.3 Å². The molecule has 1 unspecified atom stereocenters. The fraction of sp³-hybridized carbons (Fsp3) is 0.375. The van der Waals surface area contributed by atoms with Crippen LogP contribution in [0, 0.1) is 0 Å². The normalized spacial score (nSPS) is 12.1. The van der Waals surface area contributed by atoms with Crippen LogP contribution in [-0.4, -0.2) is 59.0 Å². The second-order valence-corrected chi connectivity index (χ2v) is 8.96. The molecule has 32 heavy (non-hydrogen) atoms. The number of nitrogens with zero attached hydrogens (tertiary/aromatic N) is 3. The molecule has 2 N–H and O–H groups in total. The standard InChI is InChI=1S/C24H30N4O3S/c1-4-16-32-21(19-8-5-6-9-20(19)29)24-27-26-23(31-24)18-12-10-17(11-13-18)22(30)25-14-7-15-28(2)3/h5-6,8-13,21,29H,4,7,14-16H2,1-3H3,(H,25,30). The predicted octanol–water partition coefficient (Wildman–Crippen LogP) is 4.36. The van der Waals surface area contributed by atoms with E-state index < -0.39 is 0 Å². The monoisotopic (exact) mass is 454 g/mol. The van der Waals surface area contributed by atoms with Gasteiger partial charge in [0.15, 0.2) is 0 Å². The Bertz CT molecular complexity index is 1000. The maximum absolute atomic E-state index is 12.3. The van der Waals surface area contributed by atoms with E-state index in [1.807, 2.05) is 26.2 Å². The number of thioether (sulfide) groups is 1. The molecule has 0 fully saturated rings. The summed E-state index contributed by atoms with van der Waals surface area (Å²) in [6.45, 7) is 3.67. The van der Waals surface area contributed by atoms with Crippen LogP contribution in [0.4, 0.5) is 0 Å². The molecule has 1 atom stereocenters. The van der Waals surface area contributed by atoms with Gasteiger partial charge in [-0.3, -0.25) is 4.79 Å². The zero-order valence-electron chi connectivity index (χ0n) is 18.7. The summed E-state index contributed by atoms with van der Waals surface area (Å²) in [5.74, 6) is 1.84. The first-order valence-electron chi connectivity index (χ1n) is 10.8. The lowest BCUT2D eigenvalue weighted by atomic mass is 10.1. The van der Waals surface area contributed by atoms with Gasteiger partial charge in [-0.15, -0.1) is 22.0 Å². The highest BCUT2D eigenvalue weighted by Gasteiger charge is 2.24. The van der Waals surface area contributed by atoms with E-state index in [1.165, 1.54) is 0 Å². The number of phenolic OH excluding ortho intramolecular Hbond substituents is 1. The number of benzene rings is 2. The third-order valence-electron chi connectivity index (χ3n) is 4.83. The van der Waals surface area contributed by atoms with Gasteiger partial charge in [-0.05, 0) is 69.6 Å². The van der Waals surface area contributed by atoms with E-state index in [9.17, 15) is 9.90 Å². The van der Waals surface area contributed by atoms with Crippen molar-refractivity contribution in [3.63, 3.8) is 0 Å². The number of nitrogens with one attached hydrogen (secondary N) is 1. The first kappa shape index (κ1) is 23.8. The van der Waals surface area contributed by atoms with Crippen molar-refractivity contribution in [2.75, 3.05) is 32.9 Å². The van der Waals surface area contributed by atoms with Crippen LogP contribution in [0.25, 0.3) is 11.5 Å². The van der Waals surface area contributed by atoms with E-state index in [1.54, 1.807) is 48.2 Å². The Morgan fingerprint density at radius 1 is 1.16 bits per heavy atom. The molecule has 170 valence electrons. The minimum absolute atomic E-state index is 0.0999. The van der Waals surface area contributed by atoms with Gasteiger partial charge < -0.3 is 19.7 Å². The summed E-state index contributed by atoms with van der Waals surface area (Å²) in [5, 5.41) is 21.5. The average Bonchev–Trinajstić information content (AvgIpc) is 3.28. The number of rotatable bonds is 11. The molecular formula is C24H30N4O3S. The molecule has 0 aliphatic carbocycles. The number of aromatic hydroxyl groups is 1. The Hall–Kier alpha value is -2.84. The number of carbonyl (C=O) groups excluding carboxylic acids is 1. The third-order valence-corrected chi connectivity index (χ3v) is 6.27. The molecule has 0 saturated carbocycles. The topological polar surface area (TPSA) is 91.5 Å². The van der Waals surface area contributed by atoms with Crippen LogP contribution in [0.2, 0.25) is 0 Å². The van der Waals surface area contributed by atoms with Crippen LogP contribution in [0.15, 0.2) is 52.9 Å². The molecule has 8 heteroatoms. The molecule has 3 rings (SSSR count). The summed E-state index contributed by atoms with van der Waals surface area (Å²) in [7, 11) is 4.02. The number of amides is 1. The number of para-hydroxylation sites is 1. The van der Waals surface area contributed by atoms with E-state index in [0.29, 0.717) is 23.9 Å². The maximum Gasteiger partial charge on any atom is 0.251 e. The van der Waals surface area contributed by atoms with Crippen LogP contribution >= 0.6 is 11.8 Å². The van der Waals surface area contributed by atoms with E-state index >= 15 is 0 Å². The minimum Gasteiger partial charge on any atom is -0.508 e. The van der Waals surface area contributed by atoms with Crippen LogP contribution in [0.3, 0.4) is 0 Å². The molecule has 1 heterocycles. The molecule has 1 amide bonds. The van der Waals surface area contributed by atoms with Gasteiger partial charge in [0, 0.05) is 23.2 Å². The smallest absolute Gasteiger partial charge is 0.251 e. The SMILES string of the molecule is CCCSC(c1nnc(-c2ccc(C(=O)NCCCN(C)C)cc2)o1)c1ccccc1O. The second-order valence-electron chi connectivity index (χ2n) is 7.75. The largest absolute Gasteiger partial charge is 0.508 e. The molecule has 0 aliphatic rings. The molecule has 1 aromatic heterocycles. The zero-order valence-corrected chi connectivity index (χ0v) is 19.6. The van der Waals surface area contributed by atoms with Gasteiger partial charge in [0.05, 0.1) is 0 Å². The highest BCUT2D eigenvalue weighted by Crippen LogP contribution is 2.40. The Kier molecular flexibility index (Phi) is 8.70. The lowest BCUT2D eigenvalue weighted by molar-refractivity contribution is 0.0952. The fourth-order valence-electron chi connectivity index (χ4n) is 3.16. The fourth-order valence-corrected chi connectivity index (χ4v) is 4.25. The van der Waals surface area contributed by atoms with E-state index in [0.717, 1.165) is 36.3 Å². The summed E-state index contributed by atoms with van der Waals surface area (Å²) in [4.78, 5) is 14.4. The van der Waals surface area contributed by atoms with Crippen molar-refractivity contribution in [3.8, 4) is 17.2 Å². The average molecular weight is 455 g/mol. The number of carbonyl (C=O) groups is 1. The van der Waals surface area contributed by atoms with Crippen LogP contribution < -0.4 is 5.32 Å². The van der Waals surface area contributed by atoms with E-state index in [2.05, 4.69) is 27.3 Å². The molecule has 0 bridgehead atoms. The summed E-state index contributed by atoms with van der Waals surface area (Å²) in [6, 6.07) is 14.3. The number of hydrogen-bond donors (Lipinski definition) is 2. The molecule has 2 aromatic carbocycles. The van der Waals surface area contributed by atoms with Crippen molar-refractivity contribution in [1.82, 2.24) is 20.4 Å². The number of phenols is 1. The van der Waals surface area contributed by atoms with E-state index in [4.69, 9.17) is 4.42 Å². The second kappa shape index (κ2) is 11.7. The highest BCUT2D eigenvalue weighted by molar-refractivity contribution is 7.99. The van der Waals surface area contributed by atoms with E-state index in [-0.39, 0.29) is 16.9 Å². The Balaban J connectivity index is 1.71. The molecule has 0 spiro atoms. The molecule has 0 saturated heterocycles. The lowest BCUT2D eigenvalue weighted by Gasteiger charge is -2.14. The van der Waals surface area contributed by atoms with Gasteiger partial charge in [-0.25, -0.2) is 0 Å². The summed E-state index contributed by atoms with van der Waals surface area (Å²) in [5.41, 5.74) is 2.08. The van der Waals surface area contributed by atoms with Crippen LogP contribution in [0.1, 0.15) is 46.8 Å². The summed E-state index contributed by atoms with van der Waals surface area (Å²) >= 11 is 1.66. The van der Waals surface area contributed by atoms with Gasteiger partial charge in [-0.2, -0.15) is 0 Å². The van der Waals surface area contributed by atoms with Crippen molar-refractivity contribution in [2.45, 2.75) is 25.0 Å². The number of aromatic nitrogens is 2. The molecular weight excluding hydrogens is 424 g/mol. The van der Waals surface area contributed by atoms with Gasteiger partial charge in [-0.1, -0.05) is 25.1 Å². The quantitative estimate of drug-likeness (QED) is 0.416.